The lowest BCUT2D eigenvalue weighted by atomic mass is 10.1. The first-order valence-corrected chi connectivity index (χ1v) is 8.96. The van der Waals surface area contributed by atoms with Crippen molar-refractivity contribution in [3.8, 4) is 11.4 Å². The summed E-state index contributed by atoms with van der Waals surface area (Å²) in [6.07, 6.45) is 3.83. The van der Waals surface area contributed by atoms with E-state index in [4.69, 9.17) is 4.74 Å². The molecule has 1 aromatic carbocycles. The molecule has 0 aliphatic rings. The molecule has 27 heavy (non-hydrogen) atoms. The van der Waals surface area contributed by atoms with Gasteiger partial charge >= 0.3 is 0 Å². The van der Waals surface area contributed by atoms with E-state index in [1.807, 2.05) is 24.5 Å². The molecule has 0 aliphatic carbocycles. The third-order valence-corrected chi connectivity index (χ3v) is 4.29. The zero-order chi connectivity index (χ0) is 19.2. The smallest absolute Gasteiger partial charge is 0.251 e. The summed E-state index contributed by atoms with van der Waals surface area (Å²) < 4.78 is 7.23. The summed E-state index contributed by atoms with van der Waals surface area (Å²) in [6, 6.07) is 9.51. The molecule has 7 heteroatoms. The highest BCUT2D eigenvalue weighted by Gasteiger charge is 2.09. The highest BCUT2D eigenvalue weighted by atomic mass is 16.5. The molecular formula is C20H25N5O2. The van der Waals surface area contributed by atoms with Crippen molar-refractivity contribution in [2.75, 3.05) is 14.2 Å². The summed E-state index contributed by atoms with van der Waals surface area (Å²) in [7, 11) is 3.66. The molecular weight excluding hydrogens is 342 g/mol. The van der Waals surface area contributed by atoms with Crippen LogP contribution in [0.5, 0.6) is 0 Å². The Hall–Kier alpha value is -2.77. The molecule has 0 amide bonds. The van der Waals surface area contributed by atoms with Gasteiger partial charge in [-0.1, -0.05) is 18.2 Å². The normalized spacial score (nSPS) is 11.3. The highest BCUT2D eigenvalue weighted by molar-refractivity contribution is 5.56. The van der Waals surface area contributed by atoms with Crippen molar-refractivity contribution in [1.82, 2.24) is 24.4 Å². The number of aryl methyl sites for hydroxylation is 1. The lowest BCUT2D eigenvalue weighted by Crippen LogP contribution is -2.20. The Morgan fingerprint density at radius 2 is 2.11 bits per heavy atom. The minimum absolute atomic E-state index is 0.180. The number of benzene rings is 1. The fraction of sp³-hybridized carbons (Fsp3) is 0.350. The molecule has 0 unspecified atom stereocenters. The maximum atomic E-state index is 11.9. The molecule has 2 heterocycles. The number of hydrogen-bond acceptors (Lipinski definition) is 5. The number of ether oxygens (including phenoxy) is 1. The van der Waals surface area contributed by atoms with Crippen LogP contribution in [0.4, 0.5) is 0 Å². The van der Waals surface area contributed by atoms with Crippen LogP contribution < -0.4 is 5.56 Å². The van der Waals surface area contributed by atoms with E-state index < -0.39 is 0 Å². The molecule has 0 radical (unpaired) electrons. The van der Waals surface area contributed by atoms with Gasteiger partial charge in [0.25, 0.3) is 5.56 Å². The Labute approximate surface area is 158 Å². The molecule has 0 saturated carbocycles. The van der Waals surface area contributed by atoms with Gasteiger partial charge in [0, 0.05) is 44.2 Å². The number of methoxy groups -OCH3 is 1. The summed E-state index contributed by atoms with van der Waals surface area (Å²) >= 11 is 0. The maximum Gasteiger partial charge on any atom is 0.251 e. The predicted octanol–water partition coefficient (Wildman–Crippen LogP) is 2.43. The first-order chi connectivity index (χ1) is 13.1. The quantitative estimate of drug-likeness (QED) is 0.662. The summed E-state index contributed by atoms with van der Waals surface area (Å²) in [5.41, 5.74) is 2.46. The molecule has 7 nitrogen and oxygen atoms in total. The first-order valence-electron chi connectivity index (χ1n) is 8.96. The van der Waals surface area contributed by atoms with E-state index in [0.717, 1.165) is 36.6 Å². The number of H-pyrrole nitrogens is 1. The van der Waals surface area contributed by atoms with Crippen LogP contribution in [0.1, 0.15) is 24.0 Å². The van der Waals surface area contributed by atoms with Gasteiger partial charge in [0.15, 0.2) is 0 Å². The summed E-state index contributed by atoms with van der Waals surface area (Å²) in [4.78, 5) is 25.8. The number of hydrogen-bond donors (Lipinski definition) is 1. The van der Waals surface area contributed by atoms with Gasteiger partial charge in [-0.2, -0.15) is 0 Å². The van der Waals surface area contributed by atoms with Crippen molar-refractivity contribution in [3.63, 3.8) is 0 Å². The number of rotatable bonds is 8. The number of imidazole rings is 1. The Morgan fingerprint density at radius 3 is 2.89 bits per heavy atom. The van der Waals surface area contributed by atoms with E-state index in [1.54, 1.807) is 7.11 Å². The minimum Gasteiger partial charge on any atom is -0.378 e. The molecule has 3 rings (SSSR count). The monoisotopic (exact) mass is 367 g/mol. The zero-order valence-corrected chi connectivity index (χ0v) is 16.0. The molecule has 3 aromatic rings. The lowest BCUT2D eigenvalue weighted by Gasteiger charge is -2.17. The zero-order valence-electron chi connectivity index (χ0n) is 16.0. The largest absolute Gasteiger partial charge is 0.378 e. The van der Waals surface area contributed by atoms with Crippen molar-refractivity contribution in [2.24, 2.45) is 0 Å². The van der Waals surface area contributed by atoms with E-state index >= 15 is 0 Å². The first kappa shape index (κ1) is 19.0. The number of aromatic amines is 1. The topological polar surface area (TPSA) is 76.0 Å². The fourth-order valence-corrected chi connectivity index (χ4v) is 3.07. The van der Waals surface area contributed by atoms with Crippen molar-refractivity contribution in [3.05, 3.63) is 70.2 Å². The highest BCUT2D eigenvalue weighted by Crippen LogP contribution is 2.17. The van der Waals surface area contributed by atoms with Gasteiger partial charge < -0.3 is 14.3 Å². The third-order valence-electron chi connectivity index (χ3n) is 4.29. The van der Waals surface area contributed by atoms with Gasteiger partial charge in [0.05, 0.1) is 18.8 Å². The van der Waals surface area contributed by atoms with Gasteiger partial charge in [0.2, 0.25) is 0 Å². The molecule has 0 spiro atoms. The molecule has 1 N–H and O–H groups in total. The number of aromatic nitrogens is 4. The van der Waals surface area contributed by atoms with Crippen LogP contribution in [-0.4, -0.2) is 38.6 Å². The Bertz CT molecular complexity index is 947. The van der Waals surface area contributed by atoms with Crippen molar-refractivity contribution in [1.29, 1.82) is 0 Å². The third kappa shape index (κ3) is 4.90. The molecule has 2 aromatic heterocycles. The Kier molecular flexibility index (Phi) is 6.16. The van der Waals surface area contributed by atoms with Gasteiger partial charge in [-0.05, 0) is 25.6 Å². The number of nitrogens with one attached hydrogen (secondary N) is 1. The van der Waals surface area contributed by atoms with Crippen LogP contribution >= 0.6 is 0 Å². The SMILES string of the molecule is CCn1ccnc1CN(C)Cc1cccc(-c2nc(COC)cc(=O)[nH]2)c1. The van der Waals surface area contributed by atoms with Gasteiger partial charge in [-0.25, -0.2) is 9.97 Å². The average molecular weight is 367 g/mol. The minimum atomic E-state index is -0.180. The molecule has 0 atom stereocenters. The molecule has 0 fully saturated rings. The van der Waals surface area contributed by atoms with Crippen LogP contribution in [0.15, 0.2) is 47.5 Å². The van der Waals surface area contributed by atoms with E-state index in [9.17, 15) is 4.79 Å². The van der Waals surface area contributed by atoms with Crippen molar-refractivity contribution in [2.45, 2.75) is 33.2 Å². The summed E-state index contributed by atoms with van der Waals surface area (Å²) in [5.74, 6) is 1.61. The molecule has 0 saturated heterocycles. The van der Waals surface area contributed by atoms with E-state index in [2.05, 4.69) is 50.5 Å². The van der Waals surface area contributed by atoms with Gasteiger partial charge in [-0.3, -0.25) is 9.69 Å². The van der Waals surface area contributed by atoms with Crippen molar-refractivity contribution >= 4 is 0 Å². The van der Waals surface area contributed by atoms with Crippen molar-refractivity contribution < 1.29 is 4.74 Å². The standard InChI is InChI=1S/C20H25N5O2/c1-4-25-9-8-21-18(25)13-24(2)12-15-6-5-7-16(10-15)20-22-17(14-27-3)11-19(26)23-20/h5-11H,4,12-14H2,1-3H3,(H,22,23,26). The van der Waals surface area contributed by atoms with Crippen LogP contribution in [0.3, 0.4) is 0 Å². The van der Waals surface area contributed by atoms with E-state index in [0.29, 0.717) is 18.1 Å². The maximum absolute atomic E-state index is 11.9. The van der Waals surface area contributed by atoms with Crippen LogP contribution in [-0.2, 0) is 31.0 Å². The summed E-state index contributed by atoms with van der Waals surface area (Å²) in [6.45, 7) is 4.87. The van der Waals surface area contributed by atoms with Crippen LogP contribution in [0, 0.1) is 0 Å². The fourth-order valence-electron chi connectivity index (χ4n) is 3.07. The molecule has 0 aliphatic heterocycles. The lowest BCUT2D eigenvalue weighted by molar-refractivity contribution is 0.181. The van der Waals surface area contributed by atoms with Crippen LogP contribution in [0.25, 0.3) is 11.4 Å². The Morgan fingerprint density at radius 1 is 1.26 bits per heavy atom. The van der Waals surface area contributed by atoms with E-state index in [1.165, 1.54) is 6.07 Å². The molecule has 0 bridgehead atoms. The van der Waals surface area contributed by atoms with E-state index in [-0.39, 0.29) is 5.56 Å². The second-order valence-corrected chi connectivity index (χ2v) is 6.52. The van der Waals surface area contributed by atoms with Crippen LogP contribution in [0.2, 0.25) is 0 Å². The second kappa shape index (κ2) is 8.75. The predicted molar refractivity (Wildman–Crippen MR) is 104 cm³/mol. The average Bonchev–Trinajstić information content (AvgIpc) is 3.08. The summed E-state index contributed by atoms with van der Waals surface area (Å²) in [5, 5.41) is 0. The van der Waals surface area contributed by atoms with Gasteiger partial charge in [-0.15, -0.1) is 0 Å². The second-order valence-electron chi connectivity index (χ2n) is 6.52. The molecule has 142 valence electrons. The number of nitrogens with zero attached hydrogens (tertiary/aromatic N) is 4. The van der Waals surface area contributed by atoms with Gasteiger partial charge in [0.1, 0.15) is 11.6 Å². The Balaban J connectivity index is 1.76.